The number of carboxylic acid groups (broad SMARTS) is 1. The number of amides is 2. The van der Waals surface area contributed by atoms with Crippen LogP contribution in [0.25, 0.3) is 6.08 Å². The highest BCUT2D eigenvalue weighted by atomic mass is 32.2. The smallest absolute Gasteiger partial charge is 0.352 e. The quantitative estimate of drug-likeness (QED) is 0.384. The summed E-state index contributed by atoms with van der Waals surface area (Å²) in [6, 6.07) is -2.45. The van der Waals surface area contributed by atoms with Crippen LogP contribution in [0.2, 0.25) is 0 Å². The Labute approximate surface area is 188 Å². The monoisotopic (exact) mass is 473 g/mol. The predicted molar refractivity (Wildman–Crippen MR) is 116 cm³/mol. The first kappa shape index (κ1) is 21.6. The number of thiazole rings is 1. The van der Waals surface area contributed by atoms with Crippen LogP contribution in [0, 0.1) is 4.91 Å². The van der Waals surface area contributed by atoms with E-state index in [9.17, 15) is 24.4 Å². The predicted octanol–water partition coefficient (Wildman–Crippen LogP) is 0.775. The Bertz CT molecular complexity index is 1150. The number of carbonyl (C=O) groups is 3. The fourth-order valence-corrected chi connectivity index (χ4v) is 5.16. The number of carboxylic acids is 1. The average molecular weight is 473 g/mol. The lowest BCUT2D eigenvalue weighted by molar-refractivity contribution is -0.150. The number of allylic oxidation sites excluding steroid dienone is 1. The van der Waals surface area contributed by atoms with Crippen LogP contribution in [-0.4, -0.2) is 59.9 Å². The zero-order chi connectivity index (χ0) is 22.8. The molecule has 0 aliphatic carbocycles. The standard InChI is InChI=1S/C18H15N7O5S2/c19-18-22-10(6-32-18)11(24-30)14(26)23-12-15(27)25-13(17(28)29)9(5-31-16(12)25)2-1-8-3-20-7-21-4-8/h1-4,6-7,11-12,16H,5H2,(H2,19,22)(H,23,26)(H,28,29)/t11?,12-,16+/m1/s1. The number of hydrogen-bond acceptors (Lipinski definition) is 11. The normalized spacial score (nSPS) is 21.1. The SMILES string of the molecule is Nc1nc(C(N=O)C(=O)N[C@@H]2C(=O)N3C(C(=O)O)=C(C=Cc4cncnc4)CS[C@@H]23)cs1. The summed E-state index contributed by atoms with van der Waals surface area (Å²) in [5.41, 5.74) is 6.57. The number of rotatable bonds is 7. The van der Waals surface area contributed by atoms with Crippen LogP contribution < -0.4 is 11.1 Å². The topological polar surface area (TPSA) is 181 Å². The van der Waals surface area contributed by atoms with Crippen molar-refractivity contribution in [3.05, 3.63) is 57.6 Å². The molecule has 0 spiro atoms. The molecule has 1 saturated heterocycles. The van der Waals surface area contributed by atoms with Gasteiger partial charge in [0.25, 0.3) is 11.8 Å². The van der Waals surface area contributed by atoms with Gasteiger partial charge in [0.15, 0.2) is 5.13 Å². The summed E-state index contributed by atoms with van der Waals surface area (Å²) < 4.78 is 0. The van der Waals surface area contributed by atoms with E-state index in [0.29, 0.717) is 16.9 Å². The average Bonchev–Trinajstić information content (AvgIpc) is 3.22. The van der Waals surface area contributed by atoms with E-state index < -0.39 is 35.2 Å². The number of anilines is 1. The molecule has 2 amide bonds. The fourth-order valence-electron chi connectivity index (χ4n) is 3.26. The summed E-state index contributed by atoms with van der Waals surface area (Å²) >= 11 is 2.35. The van der Waals surface area contributed by atoms with Gasteiger partial charge in [-0.3, -0.25) is 14.5 Å². The molecule has 1 fully saturated rings. The second kappa shape index (κ2) is 8.84. The van der Waals surface area contributed by atoms with Gasteiger partial charge in [0, 0.05) is 29.1 Å². The highest BCUT2D eigenvalue weighted by Crippen LogP contribution is 2.41. The lowest BCUT2D eigenvalue weighted by Gasteiger charge is -2.49. The zero-order valence-electron chi connectivity index (χ0n) is 16.1. The number of nitrogens with one attached hydrogen (secondary N) is 1. The molecule has 2 aromatic heterocycles. The molecule has 1 unspecified atom stereocenters. The fraction of sp³-hybridized carbons (Fsp3) is 0.222. The zero-order valence-corrected chi connectivity index (χ0v) is 17.7. The largest absolute Gasteiger partial charge is 0.477 e. The van der Waals surface area contributed by atoms with Crippen LogP contribution in [0.3, 0.4) is 0 Å². The highest BCUT2D eigenvalue weighted by Gasteiger charge is 2.54. The number of aliphatic carboxylic acids is 1. The Morgan fingerprint density at radius 1 is 1.34 bits per heavy atom. The van der Waals surface area contributed by atoms with E-state index >= 15 is 0 Å². The number of nitrogen functional groups attached to an aromatic ring is 1. The van der Waals surface area contributed by atoms with Gasteiger partial charge in [-0.25, -0.2) is 19.7 Å². The van der Waals surface area contributed by atoms with Gasteiger partial charge in [0.05, 0.1) is 5.69 Å². The Morgan fingerprint density at radius 3 is 2.72 bits per heavy atom. The molecule has 14 heteroatoms. The molecule has 32 heavy (non-hydrogen) atoms. The maximum atomic E-state index is 12.7. The van der Waals surface area contributed by atoms with Gasteiger partial charge in [-0.15, -0.1) is 28.0 Å². The first-order valence-corrected chi connectivity index (χ1v) is 11.0. The molecule has 0 aromatic carbocycles. The van der Waals surface area contributed by atoms with Crippen LogP contribution in [0.5, 0.6) is 0 Å². The van der Waals surface area contributed by atoms with E-state index in [-0.39, 0.29) is 16.5 Å². The van der Waals surface area contributed by atoms with Crippen LogP contribution in [0.1, 0.15) is 17.3 Å². The molecule has 164 valence electrons. The van der Waals surface area contributed by atoms with Gasteiger partial charge >= 0.3 is 5.97 Å². The number of carbonyl (C=O) groups excluding carboxylic acids is 2. The third-order valence-corrected chi connectivity index (χ3v) is 6.72. The van der Waals surface area contributed by atoms with Crippen molar-refractivity contribution in [3.8, 4) is 0 Å². The summed E-state index contributed by atoms with van der Waals surface area (Å²) in [7, 11) is 0. The Kier molecular flexibility index (Phi) is 5.96. The summed E-state index contributed by atoms with van der Waals surface area (Å²) in [6.07, 6.45) is 7.77. The molecule has 12 nitrogen and oxygen atoms in total. The lowest BCUT2D eigenvalue weighted by atomic mass is 10.0. The summed E-state index contributed by atoms with van der Waals surface area (Å²) in [5, 5.41) is 16.0. The summed E-state index contributed by atoms with van der Waals surface area (Å²) in [6.45, 7) is 0. The second-order valence-corrected chi connectivity index (χ2v) is 8.69. The molecule has 4 N–H and O–H groups in total. The Morgan fingerprint density at radius 2 is 2.09 bits per heavy atom. The van der Waals surface area contributed by atoms with E-state index in [1.165, 1.54) is 23.5 Å². The van der Waals surface area contributed by atoms with Crippen LogP contribution in [-0.2, 0) is 14.4 Å². The highest BCUT2D eigenvalue weighted by molar-refractivity contribution is 8.00. The van der Waals surface area contributed by atoms with Gasteiger partial charge in [-0.2, -0.15) is 0 Å². The molecule has 2 aliphatic rings. The first-order valence-electron chi connectivity index (χ1n) is 9.08. The molecule has 4 heterocycles. The van der Waals surface area contributed by atoms with Crippen molar-refractivity contribution in [1.82, 2.24) is 25.2 Å². The number of nitrogens with two attached hydrogens (primary N) is 1. The van der Waals surface area contributed by atoms with Gasteiger partial charge in [0.1, 0.15) is 23.4 Å². The van der Waals surface area contributed by atoms with Gasteiger partial charge in [0.2, 0.25) is 6.04 Å². The number of nitrogens with zero attached hydrogens (tertiary/aromatic N) is 5. The van der Waals surface area contributed by atoms with Gasteiger partial charge in [-0.05, 0) is 10.7 Å². The van der Waals surface area contributed by atoms with Crippen LogP contribution in [0.4, 0.5) is 5.13 Å². The van der Waals surface area contributed by atoms with Crippen LogP contribution >= 0.6 is 23.1 Å². The molecule has 2 aromatic rings. The molecule has 0 saturated carbocycles. The number of fused-ring (bicyclic) bond motifs is 1. The number of nitroso groups, excluding NO2 is 1. The maximum Gasteiger partial charge on any atom is 0.352 e. The molecule has 4 rings (SSSR count). The van der Waals surface area contributed by atoms with Crippen molar-refractivity contribution in [2.24, 2.45) is 5.18 Å². The minimum Gasteiger partial charge on any atom is -0.477 e. The Balaban J connectivity index is 1.52. The Hall–Kier alpha value is -3.65. The third-order valence-electron chi connectivity index (χ3n) is 4.73. The van der Waals surface area contributed by atoms with Gasteiger partial charge in [-0.1, -0.05) is 12.2 Å². The third kappa shape index (κ3) is 3.97. The molecular weight excluding hydrogens is 458 g/mol. The van der Waals surface area contributed by atoms with Crippen molar-refractivity contribution >= 4 is 52.1 Å². The minimum atomic E-state index is -1.46. The van der Waals surface area contributed by atoms with E-state index in [0.717, 1.165) is 16.2 Å². The molecular formula is C18H15N7O5S2. The van der Waals surface area contributed by atoms with E-state index in [1.807, 2.05) is 0 Å². The first-order chi connectivity index (χ1) is 15.4. The number of hydrogen-bond donors (Lipinski definition) is 3. The van der Waals surface area contributed by atoms with Gasteiger partial charge < -0.3 is 16.2 Å². The molecule has 3 atom stereocenters. The van der Waals surface area contributed by atoms with Crippen molar-refractivity contribution < 1.29 is 19.5 Å². The number of thioether (sulfide) groups is 1. The summed E-state index contributed by atoms with van der Waals surface area (Å²) in [5.74, 6) is -2.36. The van der Waals surface area contributed by atoms with Crippen molar-refractivity contribution in [3.63, 3.8) is 0 Å². The van der Waals surface area contributed by atoms with E-state index in [2.05, 4.69) is 25.4 Å². The lowest BCUT2D eigenvalue weighted by Crippen LogP contribution is -2.70. The molecule has 2 aliphatic heterocycles. The number of aromatic nitrogens is 3. The summed E-state index contributed by atoms with van der Waals surface area (Å²) in [4.78, 5) is 61.2. The maximum absolute atomic E-state index is 12.7. The van der Waals surface area contributed by atoms with E-state index in [4.69, 9.17) is 5.73 Å². The van der Waals surface area contributed by atoms with Crippen LogP contribution in [0.15, 0.2) is 46.6 Å². The van der Waals surface area contributed by atoms with Crippen molar-refractivity contribution in [2.75, 3.05) is 11.5 Å². The van der Waals surface area contributed by atoms with E-state index in [1.54, 1.807) is 24.5 Å². The van der Waals surface area contributed by atoms with Crippen molar-refractivity contribution in [2.45, 2.75) is 17.5 Å². The molecule has 0 bridgehead atoms. The minimum absolute atomic E-state index is 0.0864. The molecule has 0 radical (unpaired) electrons. The number of β-lactam (4-membered cyclic amide) rings is 1. The van der Waals surface area contributed by atoms with Crippen molar-refractivity contribution in [1.29, 1.82) is 0 Å². The second-order valence-electron chi connectivity index (χ2n) is 6.70.